The molecule has 1 saturated heterocycles. The van der Waals surface area contributed by atoms with Crippen LogP contribution in [0.4, 0.5) is 0 Å². The SMILES string of the molecule is CC#CC1(O)C(CO)[C@@H]([C@H](C)O)O[C@H]1n1ncc(=O)[nH]c1=O. The summed E-state index contributed by atoms with van der Waals surface area (Å²) in [5.41, 5.74) is -3.54. The molecule has 0 spiro atoms. The summed E-state index contributed by atoms with van der Waals surface area (Å²) >= 11 is 0. The number of aliphatic hydroxyl groups is 3. The van der Waals surface area contributed by atoms with E-state index in [1.807, 2.05) is 4.98 Å². The van der Waals surface area contributed by atoms with E-state index < -0.39 is 47.8 Å². The summed E-state index contributed by atoms with van der Waals surface area (Å²) < 4.78 is 6.25. The third-order valence-electron chi connectivity index (χ3n) is 3.58. The largest absolute Gasteiger partial charge is 0.396 e. The van der Waals surface area contributed by atoms with Gasteiger partial charge in [-0.1, -0.05) is 5.92 Å². The molecular weight excluding hydrogens is 294 g/mol. The summed E-state index contributed by atoms with van der Waals surface area (Å²) in [5, 5.41) is 33.8. The monoisotopic (exact) mass is 311 g/mol. The topological polar surface area (TPSA) is 138 Å². The van der Waals surface area contributed by atoms with E-state index in [1.54, 1.807) is 0 Å². The second-order valence-corrected chi connectivity index (χ2v) is 5.07. The molecule has 120 valence electrons. The summed E-state index contributed by atoms with van der Waals surface area (Å²) in [7, 11) is 0. The van der Waals surface area contributed by atoms with Gasteiger partial charge in [0.05, 0.1) is 24.7 Å². The van der Waals surface area contributed by atoms with E-state index in [4.69, 9.17) is 4.74 Å². The van der Waals surface area contributed by atoms with Crippen LogP contribution in [0.5, 0.6) is 0 Å². The van der Waals surface area contributed by atoms with Crippen LogP contribution in [-0.2, 0) is 4.74 Å². The highest BCUT2D eigenvalue weighted by Crippen LogP contribution is 2.42. The van der Waals surface area contributed by atoms with Crippen molar-refractivity contribution >= 4 is 0 Å². The van der Waals surface area contributed by atoms with Crippen LogP contribution in [0, 0.1) is 17.8 Å². The first kappa shape index (κ1) is 16.4. The minimum Gasteiger partial charge on any atom is -0.396 e. The van der Waals surface area contributed by atoms with Crippen LogP contribution in [0.15, 0.2) is 15.8 Å². The van der Waals surface area contributed by atoms with E-state index in [0.717, 1.165) is 10.9 Å². The van der Waals surface area contributed by atoms with Crippen LogP contribution in [0.3, 0.4) is 0 Å². The lowest BCUT2D eigenvalue weighted by molar-refractivity contribution is -0.0947. The van der Waals surface area contributed by atoms with Crippen LogP contribution >= 0.6 is 0 Å². The molecule has 0 aliphatic carbocycles. The Morgan fingerprint density at radius 2 is 2.27 bits per heavy atom. The molecule has 0 aromatic carbocycles. The molecule has 1 aliphatic heterocycles. The van der Waals surface area contributed by atoms with Gasteiger partial charge < -0.3 is 20.1 Å². The molecule has 1 aliphatic rings. The number of nitrogens with one attached hydrogen (secondary N) is 1. The third kappa shape index (κ3) is 2.57. The molecule has 1 aromatic rings. The van der Waals surface area contributed by atoms with E-state index in [1.165, 1.54) is 13.8 Å². The number of H-pyrrole nitrogens is 1. The molecule has 2 rings (SSSR count). The number of hydrogen-bond acceptors (Lipinski definition) is 7. The van der Waals surface area contributed by atoms with Crippen LogP contribution in [0.1, 0.15) is 20.1 Å². The summed E-state index contributed by atoms with van der Waals surface area (Å²) in [4.78, 5) is 25.0. The maximum Gasteiger partial charge on any atom is 0.347 e. The number of aromatic nitrogens is 3. The third-order valence-corrected chi connectivity index (χ3v) is 3.58. The van der Waals surface area contributed by atoms with Gasteiger partial charge in [-0.05, 0) is 13.8 Å². The van der Waals surface area contributed by atoms with Crippen molar-refractivity contribution in [3.05, 3.63) is 27.0 Å². The molecule has 9 nitrogen and oxygen atoms in total. The molecule has 0 saturated carbocycles. The van der Waals surface area contributed by atoms with Gasteiger partial charge in [-0.3, -0.25) is 9.78 Å². The second-order valence-electron chi connectivity index (χ2n) is 5.07. The highest BCUT2D eigenvalue weighted by Gasteiger charge is 2.57. The van der Waals surface area contributed by atoms with Gasteiger partial charge in [0, 0.05) is 0 Å². The van der Waals surface area contributed by atoms with Crippen molar-refractivity contribution in [3.8, 4) is 11.8 Å². The zero-order chi connectivity index (χ0) is 16.5. The van der Waals surface area contributed by atoms with Gasteiger partial charge >= 0.3 is 5.69 Å². The van der Waals surface area contributed by atoms with Crippen molar-refractivity contribution in [3.63, 3.8) is 0 Å². The Balaban J connectivity index is 2.59. The van der Waals surface area contributed by atoms with Crippen LogP contribution in [-0.4, -0.2) is 54.5 Å². The Morgan fingerprint density at radius 1 is 1.59 bits per heavy atom. The summed E-state index contributed by atoms with van der Waals surface area (Å²) in [6.45, 7) is 2.39. The molecular formula is C13H17N3O6. The highest BCUT2D eigenvalue weighted by atomic mass is 16.6. The van der Waals surface area contributed by atoms with Crippen LogP contribution < -0.4 is 11.2 Å². The van der Waals surface area contributed by atoms with Crippen molar-refractivity contribution in [2.45, 2.75) is 37.9 Å². The smallest absolute Gasteiger partial charge is 0.347 e. The lowest BCUT2D eigenvalue weighted by Crippen LogP contribution is -2.47. The second kappa shape index (κ2) is 6.02. The Bertz CT molecular complexity index is 715. The molecule has 9 heteroatoms. The zero-order valence-electron chi connectivity index (χ0n) is 12.1. The number of aromatic amines is 1. The van der Waals surface area contributed by atoms with Crippen molar-refractivity contribution in [2.75, 3.05) is 6.61 Å². The van der Waals surface area contributed by atoms with Crippen molar-refractivity contribution in [1.82, 2.24) is 14.8 Å². The van der Waals surface area contributed by atoms with Gasteiger partial charge in [-0.25, -0.2) is 4.79 Å². The Kier molecular flexibility index (Phi) is 4.48. The number of aliphatic hydroxyl groups excluding tert-OH is 2. The standard InChI is InChI=1S/C13H17N3O6/c1-3-4-13(21)8(6-17)10(7(2)18)22-11(13)16-12(20)15-9(19)5-14-16/h5,7-8,10-11,17-18,21H,6H2,1-2H3,(H,15,19,20)/t7-,8?,10+,11+,13?/m0/s1. The van der Waals surface area contributed by atoms with Gasteiger partial charge in [0.2, 0.25) is 0 Å². The molecule has 22 heavy (non-hydrogen) atoms. The van der Waals surface area contributed by atoms with E-state index in [2.05, 4.69) is 16.9 Å². The van der Waals surface area contributed by atoms with Gasteiger partial charge in [0.15, 0.2) is 11.8 Å². The van der Waals surface area contributed by atoms with Gasteiger partial charge in [-0.2, -0.15) is 9.78 Å². The minimum absolute atomic E-state index is 0.519. The first-order chi connectivity index (χ1) is 10.3. The highest BCUT2D eigenvalue weighted by molar-refractivity contribution is 5.21. The fourth-order valence-electron chi connectivity index (χ4n) is 2.60. The quantitative estimate of drug-likeness (QED) is 0.455. The molecule has 1 aromatic heterocycles. The normalized spacial score (nSPS) is 32.3. The molecule has 0 amide bonds. The Morgan fingerprint density at radius 3 is 2.77 bits per heavy atom. The van der Waals surface area contributed by atoms with Crippen LogP contribution in [0.2, 0.25) is 0 Å². The zero-order valence-corrected chi connectivity index (χ0v) is 12.1. The van der Waals surface area contributed by atoms with Crippen molar-refractivity contribution in [1.29, 1.82) is 0 Å². The molecule has 0 radical (unpaired) electrons. The molecule has 4 N–H and O–H groups in total. The average molecular weight is 311 g/mol. The first-order valence-corrected chi connectivity index (χ1v) is 6.64. The van der Waals surface area contributed by atoms with E-state index in [9.17, 15) is 24.9 Å². The maximum atomic E-state index is 11.9. The van der Waals surface area contributed by atoms with Gasteiger partial charge in [-0.15, -0.1) is 5.92 Å². The number of rotatable bonds is 3. The molecule has 1 fully saturated rings. The van der Waals surface area contributed by atoms with Crippen molar-refractivity contribution in [2.24, 2.45) is 5.92 Å². The summed E-state index contributed by atoms with van der Waals surface area (Å²) in [5.74, 6) is 4.08. The molecule has 2 unspecified atom stereocenters. The summed E-state index contributed by atoms with van der Waals surface area (Å²) in [6, 6.07) is 0. The average Bonchev–Trinajstić information content (AvgIpc) is 2.72. The fraction of sp³-hybridized carbons (Fsp3) is 0.615. The van der Waals surface area contributed by atoms with Gasteiger partial charge in [0.25, 0.3) is 5.56 Å². The van der Waals surface area contributed by atoms with E-state index in [0.29, 0.717) is 0 Å². The van der Waals surface area contributed by atoms with E-state index in [-0.39, 0.29) is 0 Å². The molecule has 0 bridgehead atoms. The van der Waals surface area contributed by atoms with Crippen LogP contribution in [0.25, 0.3) is 0 Å². The lowest BCUT2D eigenvalue weighted by Gasteiger charge is -2.28. The molecule has 5 atom stereocenters. The minimum atomic E-state index is -1.94. The lowest BCUT2D eigenvalue weighted by atomic mass is 9.84. The number of hydrogen-bond donors (Lipinski definition) is 4. The number of ether oxygens (including phenoxy) is 1. The molecule has 2 heterocycles. The predicted octanol–water partition coefficient (Wildman–Crippen LogP) is -2.43. The fourth-order valence-corrected chi connectivity index (χ4v) is 2.60. The van der Waals surface area contributed by atoms with Gasteiger partial charge in [0.1, 0.15) is 6.20 Å². The first-order valence-electron chi connectivity index (χ1n) is 6.64. The van der Waals surface area contributed by atoms with E-state index >= 15 is 0 Å². The Hall–Kier alpha value is -1.99. The summed E-state index contributed by atoms with van der Waals surface area (Å²) in [6.07, 6.45) is -2.50. The van der Waals surface area contributed by atoms with Crippen molar-refractivity contribution < 1.29 is 20.1 Å². The maximum absolute atomic E-state index is 11.9. The Labute approximate surface area is 125 Å². The number of nitrogens with zero attached hydrogens (tertiary/aromatic N) is 2. The predicted molar refractivity (Wildman–Crippen MR) is 73.7 cm³/mol.